The molecule has 0 saturated carbocycles. The lowest BCUT2D eigenvalue weighted by Crippen LogP contribution is -2.55. The van der Waals surface area contributed by atoms with E-state index < -0.39 is 0 Å². The first-order chi connectivity index (χ1) is 13.0. The lowest BCUT2D eigenvalue weighted by Gasteiger charge is -2.39. The molecule has 0 bridgehead atoms. The highest BCUT2D eigenvalue weighted by Crippen LogP contribution is 2.39. The molecular formula is C20H29N3O3S. The van der Waals surface area contributed by atoms with Gasteiger partial charge in [-0.2, -0.15) is 0 Å². The molecule has 0 aromatic heterocycles. The number of carbonyl (C=O) groups is 2. The molecule has 2 N–H and O–H groups in total. The van der Waals surface area contributed by atoms with Crippen molar-refractivity contribution in [2.75, 3.05) is 26.0 Å². The van der Waals surface area contributed by atoms with E-state index in [0.717, 1.165) is 30.8 Å². The Morgan fingerprint density at radius 3 is 2.59 bits per heavy atom. The number of thioether (sulfide) groups is 1. The van der Waals surface area contributed by atoms with Crippen LogP contribution in [0.4, 0.5) is 0 Å². The van der Waals surface area contributed by atoms with E-state index in [9.17, 15) is 9.59 Å². The fraction of sp³-hybridized carbons (Fsp3) is 0.600. The molecular weight excluding hydrogens is 362 g/mol. The van der Waals surface area contributed by atoms with E-state index in [-0.39, 0.29) is 28.8 Å². The van der Waals surface area contributed by atoms with Crippen LogP contribution in [0.5, 0.6) is 5.75 Å². The van der Waals surface area contributed by atoms with Crippen LogP contribution in [0.15, 0.2) is 24.3 Å². The molecule has 1 spiro atoms. The highest BCUT2D eigenvalue weighted by Gasteiger charge is 2.44. The summed E-state index contributed by atoms with van der Waals surface area (Å²) in [7, 11) is 1.61. The summed E-state index contributed by atoms with van der Waals surface area (Å²) in [6, 6.07) is 7.30. The van der Waals surface area contributed by atoms with Gasteiger partial charge in [0.2, 0.25) is 5.91 Å². The van der Waals surface area contributed by atoms with Gasteiger partial charge in [0, 0.05) is 30.4 Å². The second kappa shape index (κ2) is 8.52. The first kappa shape index (κ1) is 20.0. The molecule has 27 heavy (non-hydrogen) atoms. The Balaban J connectivity index is 1.54. The largest absolute Gasteiger partial charge is 0.497 e. The van der Waals surface area contributed by atoms with Crippen molar-refractivity contribution in [1.29, 1.82) is 0 Å². The van der Waals surface area contributed by atoms with Crippen molar-refractivity contribution in [2.24, 2.45) is 0 Å². The zero-order chi connectivity index (χ0) is 19.4. The number of piperidine rings is 1. The maximum Gasteiger partial charge on any atom is 0.253 e. The molecule has 0 radical (unpaired) electrons. The van der Waals surface area contributed by atoms with Crippen molar-refractivity contribution in [2.45, 2.75) is 50.1 Å². The fourth-order valence-corrected chi connectivity index (χ4v) is 4.92. The summed E-state index contributed by atoms with van der Waals surface area (Å²) in [5.41, 5.74) is 0.685. The van der Waals surface area contributed by atoms with Crippen LogP contribution in [0, 0.1) is 0 Å². The molecule has 3 rings (SSSR count). The quantitative estimate of drug-likeness (QED) is 0.806. The van der Waals surface area contributed by atoms with Gasteiger partial charge in [0.05, 0.1) is 18.0 Å². The summed E-state index contributed by atoms with van der Waals surface area (Å²) in [5.74, 6) is 1.68. The van der Waals surface area contributed by atoms with Gasteiger partial charge in [0.25, 0.3) is 5.91 Å². The summed E-state index contributed by atoms with van der Waals surface area (Å²) >= 11 is 1.82. The van der Waals surface area contributed by atoms with Crippen LogP contribution in [0.3, 0.4) is 0 Å². The SMILES string of the molecule is CCC(C)NC(=O)C1CSC2(CCN(C(=O)c3ccc(OC)cc3)CC2)N1. The Morgan fingerprint density at radius 1 is 1.33 bits per heavy atom. The smallest absolute Gasteiger partial charge is 0.253 e. The van der Waals surface area contributed by atoms with Gasteiger partial charge in [0.15, 0.2) is 0 Å². The molecule has 2 aliphatic heterocycles. The van der Waals surface area contributed by atoms with Crippen molar-refractivity contribution in [3.8, 4) is 5.75 Å². The maximum absolute atomic E-state index is 12.7. The van der Waals surface area contributed by atoms with Crippen molar-refractivity contribution >= 4 is 23.6 Å². The van der Waals surface area contributed by atoms with E-state index in [0.29, 0.717) is 18.7 Å². The molecule has 1 aromatic rings. The molecule has 2 unspecified atom stereocenters. The van der Waals surface area contributed by atoms with Crippen molar-refractivity contribution in [3.63, 3.8) is 0 Å². The van der Waals surface area contributed by atoms with Crippen molar-refractivity contribution in [3.05, 3.63) is 29.8 Å². The van der Waals surface area contributed by atoms with Crippen LogP contribution < -0.4 is 15.4 Å². The summed E-state index contributed by atoms with van der Waals surface area (Å²) in [6.45, 7) is 5.49. The number of hydrogen-bond donors (Lipinski definition) is 2. The molecule has 0 aliphatic carbocycles. The molecule has 7 heteroatoms. The number of benzene rings is 1. The Kier molecular flexibility index (Phi) is 6.32. The molecule has 2 saturated heterocycles. The third kappa shape index (κ3) is 4.58. The fourth-order valence-electron chi connectivity index (χ4n) is 3.51. The topological polar surface area (TPSA) is 70.7 Å². The van der Waals surface area contributed by atoms with Crippen LogP contribution in [0.1, 0.15) is 43.5 Å². The van der Waals surface area contributed by atoms with Crippen molar-refractivity contribution < 1.29 is 14.3 Å². The van der Waals surface area contributed by atoms with Gasteiger partial charge in [-0.1, -0.05) is 6.92 Å². The van der Waals surface area contributed by atoms with Crippen LogP contribution >= 0.6 is 11.8 Å². The second-order valence-corrected chi connectivity index (χ2v) is 8.74. The average Bonchev–Trinajstić information content (AvgIpc) is 3.11. The Hall–Kier alpha value is -1.73. The van der Waals surface area contributed by atoms with E-state index in [1.165, 1.54) is 0 Å². The minimum Gasteiger partial charge on any atom is -0.497 e. The minimum absolute atomic E-state index is 0.0570. The molecule has 1 aromatic carbocycles. The van der Waals surface area contributed by atoms with Gasteiger partial charge in [-0.3, -0.25) is 14.9 Å². The second-order valence-electron chi connectivity index (χ2n) is 7.34. The van der Waals surface area contributed by atoms with E-state index in [2.05, 4.69) is 17.6 Å². The van der Waals surface area contributed by atoms with Crippen LogP contribution in [-0.2, 0) is 4.79 Å². The van der Waals surface area contributed by atoms with Crippen LogP contribution in [0.2, 0.25) is 0 Å². The lowest BCUT2D eigenvalue weighted by molar-refractivity contribution is -0.123. The Morgan fingerprint density at radius 2 is 2.00 bits per heavy atom. The van der Waals surface area contributed by atoms with Gasteiger partial charge in [-0.15, -0.1) is 11.8 Å². The third-order valence-electron chi connectivity index (χ3n) is 5.48. The molecule has 6 nitrogen and oxygen atoms in total. The van der Waals surface area contributed by atoms with E-state index in [1.807, 2.05) is 47.9 Å². The number of methoxy groups -OCH3 is 1. The third-order valence-corrected chi connectivity index (χ3v) is 7.06. The predicted octanol–water partition coefficient (Wildman–Crippen LogP) is 2.25. The molecule has 2 aliphatic rings. The normalized spacial score (nSPS) is 22.5. The monoisotopic (exact) mass is 391 g/mol. The van der Waals surface area contributed by atoms with Gasteiger partial charge >= 0.3 is 0 Å². The number of likely N-dealkylation sites (tertiary alicyclic amines) is 1. The summed E-state index contributed by atoms with van der Waals surface area (Å²) < 4.78 is 5.15. The van der Waals surface area contributed by atoms with Gasteiger partial charge < -0.3 is 15.0 Å². The Labute approximate surface area is 165 Å². The maximum atomic E-state index is 12.7. The average molecular weight is 392 g/mol. The van der Waals surface area contributed by atoms with Gasteiger partial charge in [-0.05, 0) is 50.5 Å². The molecule has 2 amide bonds. The van der Waals surface area contributed by atoms with Gasteiger partial charge in [0.1, 0.15) is 5.75 Å². The van der Waals surface area contributed by atoms with Crippen LogP contribution in [0.25, 0.3) is 0 Å². The number of ether oxygens (including phenoxy) is 1. The highest BCUT2D eigenvalue weighted by molar-refractivity contribution is 8.01. The standard InChI is InChI=1S/C20H29N3O3S/c1-4-14(2)21-18(24)17-13-27-20(22-17)9-11-23(12-10-20)19(25)15-5-7-16(26-3)8-6-15/h5-8,14,17,22H,4,9-13H2,1-3H3,(H,21,24). The number of nitrogens with one attached hydrogen (secondary N) is 2. The number of nitrogens with zero attached hydrogens (tertiary/aromatic N) is 1. The first-order valence-corrected chi connectivity index (χ1v) is 10.6. The zero-order valence-corrected chi connectivity index (χ0v) is 17.1. The summed E-state index contributed by atoms with van der Waals surface area (Å²) in [6.07, 6.45) is 2.64. The number of rotatable bonds is 5. The highest BCUT2D eigenvalue weighted by atomic mass is 32.2. The lowest BCUT2D eigenvalue weighted by atomic mass is 10.0. The number of amides is 2. The van der Waals surface area contributed by atoms with Crippen molar-refractivity contribution in [1.82, 2.24) is 15.5 Å². The summed E-state index contributed by atoms with van der Waals surface area (Å²) in [4.78, 5) is 26.9. The summed E-state index contributed by atoms with van der Waals surface area (Å²) in [5, 5.41) is 6.61. The van der Waals surface area contributed by atoms with E-state index in [4.69, 9.17) is 4.74 Å². The van der Waals surface area contributed by atoms with E-state index >= 15 is 0 Å². The predicted molar refractivity (Wildman–Crippen MR) is 108 cm³/mol. The number of hydrogen-bond acceptors (Lipinski definition) is 5. The Bertz CT molecular complexity index is 672. The van der Waals surface area contributed by atoms with Gasteiger partial charge in [-0.25, -0.2) is 0 Å². The zero-order valence-electron chi connectivity index (χ0n) is 16.3. The molecule has 2 heterocycles. The van der Waals surface area contributed by atoms with Crippen LogP contribution in [-0.4, -0.2) is 59.6 Å². The van der Waals surface area contributed by atoms with E-state index in [1.54, 1.807) is 7.11 Å². The molecule has 2 fully saturated rings. The minimum atomic E-state index is -0.146. The molecule has 148 valence electrons. The first-order valence-electron chi connectivity index (χ1n) is 9.61. The molecule has 2 atom stereocenters. The number of carbonyl (C=O) groups excluding carboxylic acids is 2.